The lowest BCUT2D eigenvalue weighted by molar-refractivity contribution is 0.593. The summed E-state index contributed by atoms with van der Waals surface area (Å²) >= 11 is 15.8. The molecule has 0 amide bonds. The molecule has 0 saturated carbocycles. The van der Waals surface area contributed by atoms with Crippen LogP contribution in [0.4, 0.5) is 0 Å². The van der Waals surface area contributed by atoms with Gasteiger partial charge in [-0.25, -0.2) is 4.99 Å². The Hall–Kier alpha value is -3.68. The monoisotopic (exact) mass is 623 g/mol. The Bertz CT molecular complexity index is 2240. The Morgan fingerprint density at radius 2 is 1.83 bits per heavy atom. The van der Waals surface area contributed by atoms with Crippen molar-refractivity contribution in [3.8, 4) is 0 Å². The summed E-state index contributed by atoms with van der Waals surface area (Å²) < 4.78 is 4.77. The normalized spacial score (nSPS) is 16.3. The molecule has 6 aromatic rings. The van der Waals surface area contributed by atoms with Crippen molar-refractivity contribution >= 4 is 68.6 Å². The molecule has 0 N–H and O–H groups in total. The van der Waals surface area contributed by atoms with Crippen molar-refractivity contribution in [1.29, 1.82) is 0 Å². The highest BCUT2D eigenvalue weighted by atomic mass is 35.5. The zero-order valence-corrected chi connectivity index (χ0v) is 25.4. The molecule has 4 heterocycles. The standard InChI is InChI=1S/C34H23Cl2N3OS2/c35-23-13-11-21(27(36)17-23)18-38-19-22(24-7-3-4-9-28(24)38)16-30-33(40)39-32(29-10-5-15-41-29)26-14-12-20-6-1-2-8-25(20)31(26)37-34(39)42-30/h1-11,13,15-17,19,32H,12,14,18H2/b30-16+/t32-/m0/s1. The number of benzene rings is 3. The Morgan fingerprint density at radius 3 is 2.69 bits per heavy atom. The van der Waals surface area contributed by atoms with Gasteiger partial charge in [0, 0.05) is 49.7 Å². The fourth-order valence-electron chi connectivity index (χ4n) is 6.21. The van der Waals surface area contributed by atoms with Gasteiger partial charge < -0.3 is 4.57 Å². The lowest BCUT2D eigenvalue weighted by atomic mass is 9.85. The van der Waals surface area contributed by atoms with Gasteiger partial charge in [-0.1, -0.05) is 89.1 Å². The van der Waals surface area contributed by atoms with E-state index in [1.807, 2.05) is 34.9 Å². The number of hydrogen-bond donors (Lipinski definition) is 0. The molecule has 1 aliphatic carbocycles. The first-order valence-corrected chi connectivity index (χ1v) is 16.2. The van der Waals surface area contributed by atoms with Crippen molar-refractivity contribution in [1.82, 2.24) is 9.13 Å². The fourth-order valence-corrected chi connectivity index (χ4v) is 8.52. The van der Waals surface area contributed by atoms with E-state index >= 15 is 0 Å². The second-order valence-electron chi connectivity index (χ2n) is 10.6. The van der Waals surface area contributed by atoms with Gasteiger partial charge in [-0.15, -0.1) is 11.3 Å². The third-order valence-electron chi connectivity index (χ3n) is 8.15. The fraction of sp³-hybridized carbons (Fsp3) is 0.118. The minimum Gasteiger partial charge on any atom is -0.342 e. The van der Waals surface area contributed by atoms with Crippen LogP contribution < -0.4 is 14.9 Å². The highest BCUT2D eigenvalue weighted by Gasteiger charge is 2.33. The van der Waals surface area contributed by atoms with E-state index in [9.17, 15) is 4.79 Å². The average Bonchev–Trinajstić information content (AvgIpc) is 3.73. The molecule has 3 aromatic heterocycles. The Balaban J connectivity index is 1.30. The summed E-state index contributed by atoms with van der Waals surface area (Å²) in [5.74, 6) is 0. The third-order valence-corrected chi connectivity index (χ3v) is 10.6. The first-order valence-electron chi connectivity index (χ1n) is 13.7. The molecule has 206 valence electrons. The van der Waals surface area contributed by atoms with Crippen LogP contribution in [0.3, 0.4) is 0 Å². The first-order chi connectivity index (χ1) is 20.5. The van der Waals surface area contributed by atoms with E-state index < -0.39 is 0 Å². The molecule has 0 spiro atoms. The van der Waals surface area contributed by atoms with E-state index in [0.717, 1.165) is 45.4 Å². The Morgan fingerprint density at radius 1 is 0.976 bits per heavy atom. The van der Waals surface area contributed by atoms with Gasteiger partial charge in [0.1, 0.15) is 0 Å². The Labute approximate surface area is 259 Å². The molecule has 3 aromatic carbocycles. The van der Waals surface area contributed by atoms with Gasteiger partial charge in [0.05, 0.1) is 16.3 Å². The van der Waals surface area contributed by atoms with Gasteiger partial charge in [0.15, 0.2) is 4.80 Å². The summed E-state index contributed by atoms with van der Waals surface area (Å²) in [5, 5.41) is 4.41. The van der Waals surface area contributed by atoms with Crippen molar-refractivity contribution in [2.24, 2.45) is 4.99 Å². The molecule has 0 fully saturated rings. The number of rotatable bonds is 4. The smallest absolute Gasteiger partial charge is 0.271 e. The molecule has 0 bridgehead atoms. The average molecular weight is 625 g/mol. The number of para-hydroxylation sites is 1. The molecule has 4 nitrogen and oxygen atoms in total. The van der Waals surface area contributed by atoms with Gasteiger partial charge in [0.25, 0.3) is 5.56 Å². The van der Waals surface area contributed by atoms with Crippen molar-refractivity contribution in [3.05, 3.63) is 153 Å². The maximum atomic E-state index is 14.2. The van der Waals surface area contributed by atoms with Crippen LogP contribution in [0.25, 0.3) is 22.7 Å². The van der Waals surface area contributed by atoms with Crippen LogP contribution in [0.5, 0.6) is 0 Å². The zero-order chi connectivity index (χ0) is 28.4. The summed E-state index contributed by atoms with van der Waals surface area (Å²) in [4.78, 5) is 21.2. The molecular formula is C34H23Cl2N3OS2. The number of halogens is 2. The highest BCUT2D eigenvalue weighted by Crippen LogP contribution is 2.42. The van der Waals surface area contributed by atoms with Gasteiger partial charge in [0.2, 0.25) is 0 Å². The molecule has 2 aliphatic rings. The summed E-state index contributed by atoms with van der Waals surface area (Å²) in [6.07, 6.45) is 5.97. The molecule has 42 heavy (non-hydrogen) atoms. The number of thiophene rings is 1. The van der Waals surface area contributed by atoms with Crippen LogP contribution in [0, 0.1) is 0 Å². The van der Waals surface area contributed by atoms with Crippen LogP contribution in [0.1, 0.15) is 39.6 Å². The molecule has 8 rings (SSSR count). The van der Waals surface area contributed by atoms with E-state index in [-0.39, 0.29) is 11.6 Å². The molecule has 8 heteroatoms. The number of hydrogen-bond acceptors (Lipinski definition) is 4. The number of fused-ring (bicyclic) bond motifs is 4. The molecule has 0 radical (unpaired) electrons. The van der Waals surface area contributed by atoms with E-state index in [2.05, 4.69) is 64.7 Å². The number of thiazole rings is 1. The molecule has 0 unspecified atom stereocenters. The predicted molar refractivity (Wildman–Crippen MR) is 175 cm³/mol. The highest BCUT2D eigenvalue weighted by molar-refractivity contribution is 7.10. The molecule has 1 aliphatic heterocycles. The second-order valence-corrected chi connectivity index (χ2v) is 13.4. The first kappa shape index (κ1) is 26.0. The summed E-state index contributed by atoms with van der Waals surface area (Å²) in [7, 11) is 0. The zero-order valence-electron chi connectivity index (χ0n) is 22.3. The van der Waals surface area contributed by atoms with Crippen LogP contribution in [-0.2, 0) is 13.0 Å². The van der Waals surface area contributed by atoms with Crippen molar-refractivity contribution in [2.75, 3.05) is 0 Å². The topological polar surface area (TPSA) is 39.3 Å². The number of aromatic nitrogens is 2. The van der Waals surface area contributed by atoms with Gasteiger partial charge >= 0.3 is 0 Å². The van der Waals surface area contributed by atoms with Gasteiger partial charge in [-0.05, 0) is 65.3 Å². The molecule has 0 saturated heterocycles. The number of allylic oxidation sites excluding steroid dienone is 1. The minimum atomic E-state index is -0.139. The van der Waals surface area contributed by atoms with Crippen LogP contribution in [-0.4, -0.2) is 9.13 Å². The van der Waals surface area contributed by atoms with Crippen molar-refractivity contribution in [3.63, 3.8) is 0 Å². The third kappa shape index (κ3) is 4.24. The van der Waals surface area contributed by atoms with Crippen LogP contribution in [0.2, 0.25) is 10.0 Å². The lowest BCUT2D eigenvalue weighted by Gasteiger charge is -2.30. The summed E-state index contributed by atoms with van der Waals surface area (Å²) in [5.41, 5.74) is 7.80. The molecular weight excluding hydrogens is 601 g/mol. The second kappa shape index (κ2) is 10.2. The summed E-state index contributed by atoms with van der Waals surface area (Å²) in [6.45, 7) is 0.593. The van der Waals surface area contributed by atoms with E-state index in [0.29, 0.717) is 21.1 Å². The van der Waals surface area contributed by atoms with E-state index in [1.165, 1.54) is 32.9 Å². The van der Waals surface area contributed by atoms with Gasteiger partial charge in [-0.2, -0.15) is 0 Å². The van der Waals surface area contributed by atoms with Crippen LogP contribution >= 0.6 is 45.9 Å². The summed E-state index contributed by atoms with van der Waals surface area (Å²) in [6, 6.07) is 26.4. The molecule has 1 atom stereocenters. The number of aryl methyl sites for hydroxylation is 1. The van der Waals surface area contributed by atoms with Crippen molar-refractivity contribution in [2.45, 2.75) is 25.4 Å². The lowest BCUT2D eigenvalue weighted by Crippen LogP contribution is -2.38. The predicted octanol–water partition coefficient (Wildman–Crippen LogP) is 7.69. The maximum absolute atomic E-state index is 14.2. The largest absolute Gasteiger partial charge is 0.342 e. The minimum absolute atomic E-state index is 0.000125. The van der Waals surface area contributed by atoms with Gasteiger partial charge in [-0.3, -0.25) is 9.36 Å². The number of nitrogens with zero attached hydrogens (tertiary/aromatic N) is 3. The van der Waals surface area contributed by atoms with Crippen molar-refractivity contribution < 1.29 is 0 Å². The Kier molecular flexibility index (Phi) is 6.34. The SMILES string of the molecule is O=c1/c(=C\c2cn(Cc3ccc(Cl)cc3Cl)c3ccccc23)sc2n1[C@H](c1cccs1)C1=C(N=2)c2ccccc2CC1. The quantitative estimate of drug-likeness (QED) is 0.198. The maximum Gasteiger partial charge on any atom is 0.271 e. The van der Waals surface area contributed by atoms with E-state index in [4.69, 9.17) is 28.2 Å². The van der Waals surface area contributed by atoms with E-state index in [1.54, 1.807) is 17.4 Å². The van der Waals surface area contributed by atoms with Crippen LogP contribution in [0.15, 0.2) is 106 Å².